The highest BCUT2D eigenvalue weighted by atomic mass is 35.5. The van der Waals surface area contributed by atoms with E-state index in [0.29, 0.717) is 35.3 Å². The maximum absolute atomic E-state index is 12.0. The van der Waals surface area contributed by atoms with Gasteiger partial charge in [0, 0.05) is 17.5 Å². The molecule has 0 fully saturated rings. The van der Waals surface area contributed by atoms with Crippen molar-refractivity contribution >= 4 is 28.5 Å². The van der Waals surface area contributed by atoms with Crippen LogP contribution in [0.25, 0.3) is 11.0 Å². The number of hydrogen-bond acceptors (Lipinski definition) is 3. The van der Waals surface area contributed by atoms with E-state index in [1.165, 1.54) is 0 Å². The van der Waals surface area contributed by atoms with Gasteiger partial charge >= 0.3 is 0 Å². The minimum atomic E-state index is -0.182. The Morgan fingerprint density at radius 2 is 2.35 bits per heavy atom. The second kappa shape index (κ2) is 5.21. The molecule has 1 N–H and O–H groups in total. The molecule has 1 aliphatic rings. The lowest BCUT2D eigenvalue weighted by Crippen LogP contribution is -2.22. The van der Waals surface area contributed by atoms with Gasteiger partial charge in [-0.25, -0.2) is 0 Å². The molecule has 0 aliphatic carbocycles. The molecule has 1 aromatic heterocycles. The molecule has 0 bridgehead atoms. The van der Waals surface area contributed by atoms with Gasteiger partial charge in [-0.1, -0.05) is 24.3 Å². The number of nitrogens with one attached hydrogen (secondary N) is 1. The Hall–Kier alpha value is -1.94. The lowest BCUT2D eigenvalue weighted by atomic mass is 10.1. The average Bonchev–Trinajstić information content (AvgIpc) is 2.73. The van der Waals surface area contributed by atoms with Crippen LogP contribution in [0.4, 0.5) is 0 Å². The average molecular weight is 292 g/mol. The minimum Gasteiger partial charge on any atom is -0.488 e. The fourth-order valence-corrected chi connectivity index (χ4v) is 2.74. The number of fused-ring (bicyclic) bond motifs is 3. The van der Waals surface area contributed by atoms with Crippen LogP contribution in [-0.4, -0.2) is 19.1 Å². The number of carbonyl (C=O) groups is 1. The molecular weight excluding hydrogens is 278 g/mol. The third kappa shape index (κ3) is 2.06. The van der Waals surface area contributed by atoms with E-state index in [0.717, 1.165) is 23.8 Å². The van der Waals surface area contributed by atoms with E-state index < -0.39 is 0 Å². The van der Waals surface area contributed by atoms with Crippen molar-refractivity contribution in [1.82, 2.24) is 5.32 Å². The zero-order valence-corrected chi connectivity index (χ0v) is 11.6. The van der Waals surface area contributed by atoms with Crippen molar-refractivity contribution in [3.05, 3.63) is 41.1 Å². The summed E-state index contributed by atoms with van der Waals surface area (Å²) in [6.07, 6.45) is 3.27. The first-order valence-electron chi connectivity index (χ1n) is 6.48. The number of aryl methyl sites for hydroxylation is 1. The first-order chi connectivity index (χ1) is 9.72. The molecule has 20 heavy (non-hydrogen) atoms. The number of carbonyl (C=O) groups excluding carboxylic acids is 1. The van der Waals surface area contributed by atoms with Gasteiger partial charge in [-0.2, -0.15) is 0 Å². The first-order valence-corrected chi connectivity index (χ1v) is 6.86. The molecule has 0 radical (unpaired) electrons. The van der Waals surface area contributed by atoms with Crippen molar-refractivity contribution in [3.63, 3.8) is 0 Å². The summed E-state index contributed by atoms with van der Waals surface area (Å²) in [5.41, 5.74) is 1.48. The summed E-state index contributed by atoms with van der Waals surface area (Å²) in [7, 11) is 0. The molecule has 5 heteroatoms. The zero-order chi connectivity index (χ0) is 14.1. The van der Waals surface area contributed by atoms with Gasteiger partial charge in [-0.15, -0.1) is 0 Å². The summed E-state index contributed by atoms with van der Waals surface area (Å²) in [4.78, 5) is 12.0. The lowest BCUT2D eigenvalue weighted by Gasteiger charge is -2.06. The number of furan rings is 1. The fourth-order valence-electron chi connectivity index (χ4n) is 2.42. The Morgan fingerprint density at radius 1 is 1.50 bits per heavy atom. The summed E-state index contributed by atoms with van der Waals surface area (Å²) in [6, 6.07) is 3.52. The normalized spacial score (nSPS) is 14.6. The van der Waals surface area contributed by atoms with Gasteiger partial charge in [-0.3, -0.25) is 4.79 Å². The van der Waals surface area contributed by atoms with Crippen LogP contribution < -0.4 is 10.1 Å². The van der Waals surface area contributed by atoms with E-state index in [1.807, 2.05) is 0 Å². The highest BCUT2D eigenvalue weighted by Crippen LogP contribution is 2.39. The van der Waals surface area contributed by atoms with Crippen LogP contribution in [0.15, 0.2) is 29.2 Å². The number of amides is 1. The molecule has 0 atom stereocenters. The summed E-state index contributed by atoms with van der Waals surface area (Å²) >= 11 is 6.41. The van der Waals surface area contributed by atoms with Gasteiger partial charge in [0.15, 0.2) is 5.76 Å². The molecule has 0 saturated carbocycles. The predicted molar refractivity (Wildman–Crippen MR) is 77.6 cm³/mol. The fraction of sp³-hybridized carbons (Fsp3) is 0.267. The highest BCUT2D eigenvalue weighted by Gasteiger charge is 2.25. The van der Waals surface area contributed by atoms with Gasteiger partial charge in [0.25, 0.3) is 5.91 Å². The Balaban J connectivity index is 2.18. The topological polar surface area (TPSA) is 51.5 Å². The van der Waals surface area contributed by atoms with E-state index in [4.69, 9.17) is 20.8 Å². The largest absolute Gasteiger partial charge is 0.488 e. The van der Waals surface area contributed by atoms with E-state index in [1.54, 1.807) is 18.2 Å². The van der Waals surface area contributed by atoms with Crippen LogP contribution in [0.1, 0.15) is 22.5 Å². The molecule has 104 valence electrons. The Kier molecular flexibility index (Phi) is 3.40. The van der Waals surface area contributed by atoms with Crippen LogP contribution in [0.5, 0.6) is 5.75 Å². The maximum atomic E-state index is 12.0. The van der Waals surface area contributed by atoms with Crippen molar-refractivity contribution in [2.45, 2.75) is 12.8 Å². The Morgan fingerprint density at radius 3 is 3.15 bits per heavy atom. The second-order valence-electron chi connectivity index (χ2n) is 4.62. The van der Waals surface area contributed by atoms with Gasteiger partial charge in [-0.05, 0) is 25.0 Å². The van der Waals surface area contributed by atoms with Crippen molar-refractivity contribution in [2.75, 3.05) is 13.2 Å². The quantitative estimate of drug-likeness (QED) is 0.883. The summed E-state index contributed by atoms with van der Waals surface area (Å²) in [5, 5.41) is 4.08. The molecule has 1 amide bonds. The number of rotatable bonds is 3. The van der Waals surface area contributed by atoms with Gasteiger partial charge in [0.05, 0.1) is 5.02 Å². The van der Waals surface area contributed by atoms with Gasteiger partial charge < -0.3 is 14.5 Å². The summed E-state index contributed by atoms with van der Waals surface area (Å²) in [6.45, 7) is 4.64. The third-order valence-corrected chi connectivity index (χ3v) is 3.68. The van der Waals surface area contributed by atoms with Gasteiger partial charge in [0.2, 0.25) is 0 Å². The molecule has 3 rings (SSSR count). The van der Waals surface area contributed by atoms with Crippen LogP contribution in [0, 0.1) is 0 Å². The second-order valence-corrected chi connectivity index (χ2v) is 5.00. The van der Waals surface area contributed by atoms with Crippen molar-refractivity contribution in [3.8, 4) is 5.75 Å². The zero-order valence-electron chi connectivity index (χ0n) is 10.9. The Labute approximate surface area is 121 Å². The molecule has 0 spiro atoms. The number of ether oxygens (including phenoxy) is 1. The third-order valence-electron chi connectivity index (χ3n) is 3.31. The first kappa shape index (κ1) is 13.1. The number of halogens is 1. The van der Waals surface area contributed by atoms with E-state index in [2.05, 4.69) is 11.9 Å². The van der Waals surface area contributed by atoms with Crippen molar-refractivity contribution < 1.29 is 13.9 Å². The number of benzene rings is 1. The van der Waals surface area contributed by atoms with Crippen LogP contribution in [0.3, 0.4) is 0 Å². The molecule has 1 aliphatic heterocycles. The van der Waals surface area contributed by atoms with Crippen molar-refractivity contribution in [1.29, 1.82) is 0 Å². The van der Waals surface area contributed by atoms with Gasteiger partial charge in [0.1, 0.15) is 17.9 Å². The standard InChI is InChI=1S/C15H14ClNO3/c1-2-8-19-11-6-5-10-12(13(11)16)9-4-3-7-17-15(18)14(9)20-10/h2,5-6H,1,3-4,7-8H2,(H,17,18). The summed E-state index contributed by atoms with van der Waals surface area (Å²) < 4.78 is 11.2. The smallest absolute Gasteiger partial charge is 0.287 e. The number of hydrogen-bond donors (Lipinski definition) is 1. The molecular formula is C15H14ClNO3. The molecule has 0 saturated heterocycles. The SMILES string of the molecule is C=CCOc1ccc2oc3c(c2c1Cl)CCCNC3=O. The highest BCUT2D eigenvalue weighted by molar-refractivity contribution is 6.37. The summed E-state index contributed by atoms with van der Waals surface area (Å²) in [5.74, 6) is 0.755. The van der Waals surface area contributed by atoms with Crippen LogP contribution >= 0.6 is 11.6 Å². The van der Waals surface area contributed by atoms with E-state index in [9.17, 15) is 4.79 Å². The monoisotopic (exact) mass is 291 g/mol. The van der Waals surface area contributed by atoms with E-state index in [-0.39, 0.29) is 5.91 Å². The molecule has 4 nitrogen and oxygen atoms in total. The minimum absolute atomic E-state index is 0.182. The Bertz CT molecular complexity index is 690. The molecule has 1 aromatic carbocycles. The maximum Gasteiger partial charge on any atom is 0.287 e. The predicted octanol–water partition coefficient (Wildman–Crippen LogP) is 3.33. The van der Waals surface area contributed by atoms with E-state index >= 15 is 0 Å². The molecule has 0 unspecified atom stereocenters. The van der Waals surface area contributed by atoms with Crippen LogP contribution in [0.2, 0.25) is 5.02 Å². The van der Waals surface area contributed by atoms with Crippen molar-refractivity contribution in [2.24, 2.45) is 0 Å². The van der Waals surface area contributed by atoms with Crippen LogP contribution in [-0.2, 0) is 6.42 Å². The molecule has 2 aromatic rings. The lowest BCUT2D eigenvalue weighted by molar-refractivity contribution is 0.0931. The molecule has 2 heterocycles.